The first-order chi connectivity index (χ1) is 8.81. The summed E-state index contributed by atoms with van der Waals surface area (Å²) in [6, 6.07) is 4.19. The Bertz CT molecular complexity index is 478. The smallest absolute Gasteiger partial charge is 0.205 e. The molecule has 0 aromatic carbocycles. The average Bonchev–Trinajstić information content (AvgIpc) is 2.85. The predicted molar refractivity (Wildman–Crippen MR) is 75.1 cm³/mol. The zero-order valence-corrected chi connectivity index (χ0v) is 11.6. The summed E-state index contributed by atoms with van der Waals surface area (Å²) in [4.78, 5) is 4.43. The molecular weight excluding hydrogens is 244 g/mol. The Labute approximate surface area is 111 Å². The molecule has 5 heteroatoms. The second kappa shape index (κ2) is 6.44. The maximum absolute atomic E-state index is 4.43. The van der Waals surface area contributed by atoms with Gasteiger partial charge >= 0.3 is 0 Å². The normalized spacial score (nSPS) is 10.6. The third kappa shape index (κ3) is 3.50. The first kappa shape index (κ1) is 13.0. The number of hydrogen-bond acceptors (Lipinski definition) is 5. The third-order valence-corrected chi connectivity index (χ3v) is 3.50. The maximum atomic E-state index is 4.43. The van der Waals surface area contributed by atoms with Gasteiger partial charge < -0.3 is 5.32 Å². The molecule has 4 nitrogen and oxygen atoms in total. The Kier molecular flexibility index (Phi) is 4.64. The highest BCUT2D eigenvalue weighted by Crippen LogP contribution is 2.17. The summed E-state index contributed by atoms with van der Waals surface area (Å²) in [7, 11) is 0. The predicted octanol–water partition coefficient (Wildman–Crippen LogP) is 2.91. The largest absolute Gasteiger partial charge is 0.360 e. The van der Waals surface area contributed by atoms with Gasteiger partial charge in [-0.25, -0.2) is 0 Å². The van der Waals surface area contributed by atoms with Gasteiger partial charge in [0.2, 0.25) is 5.13 Å². The molecule has 0 saturated carbocycles. The molecule has 0 aliphatic rings. The van der Waals surface area contributed by atoms with Crippen molar-refractivity contribution in [1.29, 1.82) is 0 Å². The Morgan fingerprint density at radius 3 is 2.78 bits per heavy atom. The fourth-order valence-electron chi connectivity index (χ4n) is 1.55. The van der Waals surface area contributed by atoms with Crippen LogP contribution in [0, 0.1) is 0 Å². The van der Waals surface area contributed by atoms with Crippen LogP contribution in [0.4, 0.5) is 5.13 Å². The average molecular weight is 262 g/mol. The molecule has 0 bridgehead atoms. The SMILES string of the molecule is CCCNc1nnc(Cc2ccc(CC)cn2)s1. The Morgan fingerprint density at radius 2 is 2.11 bits per heavy atom. The Morgan fingerprint density at radius 1 is 1.22 bits per heavy atom. The highest BCUT2D eigenvalue weighted by molar-refractivity contribution is 7.15. The van der Waals surface area contributed by atoms with Crippen molar-refractivity contribution >= 4 is 16.5 Å². The van der Waals surface area contributed by atoms with E-state index in [0.717, 1.165) is 41.6 Å². The number of nitrogens with one attached hydrogen (secondary N) is 1. The molecule has 0 amide bonds. The lowest BCUT2D eigenvalue weighted by Crippen LogP contribution is -1.98. The summed E-state index contributed by atoms with van der Waals surface area (Å²) >= 11 is 1.60. The third-order valence-electron chi connectivity index (χ3n) is 2.62. The summed E-state index contributed by atoms with van der Waals surface area (Å²) in [5.74, 6) is 0. The van der Waals surface area contributed by atoms with Crippen molar-refractivity contribution in [3.05, 3.63) is 34.6 Å². The second-order valence-corrected chi connectivity index (χ2v) is 5.18. The molecule has 0 aliphatic carbocycles. The van der Waals surface area contributed by atoms with Crippen LogP contribution in [-0.2, 0) is 12.8 Å². The Hall–Kier alpha value is -1.49. The van der Waals surface area contributed by atoms with Gasteiger partial charge in [-0.3, -0.25) is 4.98 Å². The quantitative estimate of drug-likeness (QED) is 0.869. The number of hydrogen-bond donors (Lipinski definition) is 1. The molecule has 0 atom stereocenters. The summed E-state index contributed by atoms with van der Waals surface area (Å²) in [5.41, 5.74) is 2.31. The van der Waals surface area contributed by atoms with E-state index in [1.807, 2.05) is 6.20 Å². The van der Waals surface area contributed by atoms with Crippen LogP contribution in [0.2, 0.25) is 0 Å². The molecule has 2 heterocycles. The van der Waals surface area contributed by atoms with Crippen LogP contribution in [0.25, 0.3) is 0 Å². The summed E-state index contributed by atoms with van der Waals surface area (Å²) < 4.78 is 0. The molecule has 0 fully saturated rings. The van der Waals surface area contributed by atoms with Crippen LogP contribution in [0.5, 0.6) is 0 Å². The molecular formula is C13H18N4S. The van der Waals surface area contributed by atoms with Gasteiger partial charge in [0.15, 0.2) is 0 Å². The fourth-order valence-corrected chi connectivity index (χ4v) is 2.33. The van der Waals surface area contributed by atoms with E-state index in [1.165, 1.54) is 5.56 Å². The molecule has 1 N–H and O–H groups in total. The van der Waals surface area contributed by atoms with Gasteiger partial charge in [-0.15, -0.1) is 10.2 Å². The second-order valence-electron chi connectivity index (χ2n) is 4.12. The highest BCUT2D eigenvalue weighted by atomic mass is 32.1. The number of aryl methyl sites for hydroxylation is 1. The molecule has 2 aromatic heterocycles. The van der Waals surface area contributed by atoms with Crippen LogP contribution >= 0.6 is 11.3 Å². The van der Waals surface area contributed by atoms with E-state index in [2.05, 4.69) is 46.5 Å². The van der Waals surface area contributed by atoms with E-state index in [1.54, 1.807) is 11.3 Å². The van der Waals surface area contributed by atoms with Gasteiger partial charge in [0.1, 0.15) is 5.01 Å². The summed E-state index contributed by atoms with van der Waals surface area (Å²) in [5, 5.41) is 13.4. The number of pyridine rings is 1. The van der Waals surface area contributed by atoms with Gasteiger partial charge in [0.25, 0.3) is 0 Å². The topological polar surface area (TPSA) is 50.7 Å². The number of rotatable bonds is 6. The van der Waals surface area contributed by atoms with Gasteiger partial charge in [0.05, 0.1) is 0 Å². The van der Waals surface area contributed by atoms with Gasteiger partial charge in [-0.2, -0.15) is 0 Å². The van der Waals surface area contributed by atoms with Crippen LogP contribution in [0.3, 0.4) is 0 Å². The standard InChI is InChI=1S/C13H18N4S/c1-3-7-14-13-17-16-12(18-13)8-11-6-5-10(4-2)9-15-11/h5-6,9H,3-4,7-8H2,1-2H3,(H,14,17). The Balaban J connectivity index is 1.97. The van der Waals surface area contributed by atoms with Crippen LogP contribution < -0.4 is 5.32 Å². The number of aromatic nitrogens is 3. The molecule has 0 aliphatic heterocycles. The van der Waals surface area contributed by atoms with Gasteiger partial charge in [0, 0.05) is 24.9 Å². The zero-order chi connectivity index (χ0) is 12.8. The van der Waals surface area contributed by atoms with Crippen molar-refractivity contribution in [2.24, 2.45) is 0 Å². The lowest BCUT2D eigenvalue weighted by molar-refractivity contribution is 0.943. The van der Waals surface area contributed by atoms with Crippen LogP contribution in [-0.4, -0.2) is 21.7 Å². The molecule has 0 saturated heterocycles. The zero-order valence-electron chi connectivity index (χ0n) is 10.8. The molecule has 96 valence electrons. The summed E-state index contributed by atoms with van der Waals surface area (Å²) in [6.45, 7) is 5.21. The van der Waals surface area contributed by atoms with E-state index >= 15 is 0 Å². The van der Waals surface area contributed by atoms with Crippen molar-refractivity contribution in [2.45, 2.75) is 33.1 Å². The highest BCUT2D eigenvalue weighted by Gasteiger charge is 2.05. The molecule has 0 unspecified atom stereocenters. The first-order valence-electron chi connectivity index (χ1n) is 6.32. The van der Waals surface area contributed by atoms with E-state index in [-0.39, 0.29) is 0 Å². The minimum Gasteiger partial charge on any atom is -0.360 e. The van der Waals surface area contributed by atoms with Crippen molar-refractivity contribution in [1.82, 2.24) is 15.2 Å². The van der Waals surface area contributed by atoms with Crippen molar-refractivity contribution in [3.8, 4) is 0 Å². The van der Waals surface area contributed by atoms with Crippen molar-refractivity contribution < 1.29 is 0 Å². The monoisotopic (exact) mass is 262 g/mol. The lowest BCUT2D eigenvalue weighted by atomic mass is 10.2. The minimum absolute atomic E-state index is 0.759. The molecule has 2 rings (SSSR count). The van der Waals surface area contributed by atoms with Gasteiger partial charge in [-0.1, -0.05) is 31.3 Å². The molecule has 2 aromatic rings. The van der Waals surface area contributed by atoms with Crippen molar-refractivity contribution in [2.75, 3.05) is 11.9 Å². The van der Waals surface area contributed by atoms with Gasteiger partial charge in [-0.05, 0) is 24.5 Å². The number of anilines is 1. The van der Waals surface area contributed by atoms with Crippen LogP contribution in [0.15, 0.2) is 18.3 Å². The number of nitrogens with zero attached hydrogens (tertiary/aromatic N) is 3. The molecule has 18 heavy (non-hydrogen) atoms. The summed E-state index contributed by atoms with van der Waals surface area (Å²) in [6.07, 6.45) is 4.81. The fraction of sp³-hybridized carbons (Fsp3) is 0.462. The van der Waals surface area contributed by atoms with E-state index < -0.39 is 0 Å². The van der Waals surface area contributed by atoms with E-state index in [0.29, 0.717) is 0 Å². The van der Waals surface area contributed by atoms with Crippen LogP contribution in [0.1, 0.15) is 36.5 Å². The first-order valence-corrected chi connectivity index (χ1v) is 7.13. The van der Waals surface area contributed by atoms with Crippen molar-refractivity contribution in [3.63, 3.8) is 0 Å². The van der Waals surface area contributed by atoms with E-state index in [9.17, 15) is 0 Å². The van der Waals surface area contributed by atoms with E-state index in [4.69, 9.17) is 0 Å². The lowest BCUT2D eigenvalue weighted by Gasteiger charge is -1.99. The maximum Gasteiger partial charge on any atom is 0.205 e. The molecule has 0 radical (unpaired) electrons. The molecule has 0 spiro atoms. The minimum atomic E-state index is 0.759.